The van der Waals surface area contributed by atoms with Gasteiger partial charge in [0.05, 0.1) is 7.11 Å². The zero-order chi connectivity index (χ0) is 13.2. The van der Waals surface area contributed by atoms with Crippen molar-refractivity contribution in [1.29, 1.82) is 0 Å². The number of hydrogen-bond acceptors (Lipinski definition) is 4. The molecule has 0 bridgehead atoms. The lowest BCUT2D eigenvalue weighted by Crippen LogP contribution is -2.07. The van der Waals surface area contributed by atoms with Gasteiger partial charge in [-0.15, -0.1) is 0 Å². The molecule has 0 radical (unpaired) electrons. The van der Waals surface area contributed by atoms with E-state index in [0.29, 0.717) is 17.0 Å². The van der Waals surface area contributed by atoms with Gasteiger partial charge >= 0.3 is 5.97 Å². The predicted octanol–water partition coefficient (Wildman–Crippen LogP) is 3.17. The van der Waals surface area contributed by atoms with Crippen LogP contribution in [0.3, 0.4) is 0 Å². The van der Waals surface area contributed by atoms with Crippen LogP contribution in [0.2, 0.25) is 0 Å². The SMILES string of the molecule is COC(=O)c1cccc2c1OC1=CCCC=C1C=N2. The molecule has 0 saturated heterocycles. The lowest BCUT2D eigenvalue weighted by atomic mass is 10.1. The summed E-state index contributed by atoms with van der Waals surface area (Å²) in [5.74, 6) is 0.795. The number of benzene rings is 1. The van der Waals surface area contributed by atoms with E-state index in [-0.39, 0.29) is 0 Å². The van der Waals surface area contributed by atoms with E-state index < -0.39 is 5.97 Å². The van der Waals surface area contributed by atoms with E-state index >= 15 is 0 Å². The van der Waals surface area contributed by atoms with Crippen LogP contribution in [0, 0.1) is 0 Å². The Bertz CT molecular complexity index is 626. The van der Waals surface area contributed by atoms with Crippen molar-refractivity contribution >= 4 is 17.9 Å². The molecule has 1 heterocycles. The molecule has 1 aliphatic heterocycles. The summed E-state index contributed by atoms with van der Waals surface area (Å²) < 4.78 is 10.7. The normalized spacial score (nSPS) is 16.3. The second-order valence-electron chi connectivity index (χ2n) is 4.31. The minimum absolute atomic E-state index is 0.393. The smallest absolute Gasteiger partial charge is 0.341 e. The Balaban J connectivity index is 2.12. The number of carbonyl (C=O) groups is 1. The van der Waals surface area contributed by atoms with E-state index in [1.165, 1.54) is 7.11 Å². The molecule has 1 aliphatic carbocycles. The molecule has 0 fully saturated rings. The first-order valence-electron chi connectivity index (χ1n) is 6.13. The minimum Gasteiger partial charge on any atom is -0.465 e. The third kappa shape index (κ3) is 2.05. The maximum Gasteiger partial charge on any atom is 0.341 e. The van der Waals surface area contributed by atoms with Gasteiger partial charge < -0.3 is 9.47 Å². The topological polar surface area (TPSA) is 47.9 Å². The molecule has 19 heavy (non-hydrogen) atoms. The van der Waals surface area contributed by atoms with Gasteiger partial charge in [-0.2, -0.15) is 0 Å². The largest absolute Gasteiger partial charge is 0.465 e. The van der Waals surface area contributed by atoms with Crippen LogP contribution in [-0.2, 0) is 4.74 Å². The van der Waals surface area contributed by atoms with Crippen molar-refractivity contribution in [1.82, 2.24) is 0 Å². The molecule has 1 aromatic rings. The highest BCUT2D eigenvalue weighted by Crippen LogP contribution is 2.37. The van der Waals surface area contributed by atoms with Gasteiger partial charge in [0.25, 0.3) is 0 Å². The summed E-state index contributed by atoms with van der Waals surface area (Å²) in [6.45, 7) is 0. The zero-order valence-corrected chi connectivity index (χ0v) is 10.6. The Morgan fingerprint density at radius 1 is 1.32 bits per heavy atom. The molecule has 3 rings (SSSR count). The maximum absolute atomic E-state index is 11.8. The zero-order valence-electron chi connectivity index (χ0n) is 10.6. The van der Waals surface area contributed by atoms with Crippen LogP contribution in [0.4, 0.5) is 5.69 Å². The van der Waals surface area contributed by atoms with Crippen molar-refractivity contribution in [3.8, 4) is 5.75 Å². The van der Waals surface area contributed by atoms with Gasteiger partial charge in [0.2, 0.25) is 0 Å². The highest BCUT2D eigenvalue weighted by Gasteiger charge is 2.22. The summed E-state index contributed by atoms with van der Waals surface area (Å²) in [4.78, 5) is 16.2. The number of nitrogens with zero attached hydrogens (tertiary/aromatic N) is 1. The molecule has 0 N–H and O–H groups in total. The van der Waals surface area contributed by atoms with E-state index in [2.05, 4.69) is 11.1 Å². The molecule has 1 aromatic carbocycles. The van der Waals surface area contributed by atoms with E-state index in [4.69, 9.17) is 9.47 Å². The molecular weight excluding hydrogens is 242 g/mol. The van der Waals surface area contributed by atoms with E-state index in [1.54, 1.807) is 18.3 Å². The average Bonchev–Trinajstić information content (AvgIpc) is 2.65. The number of aliphatic imine (C=N–C) groups is 1. The molecule has 2 aliphatic rings. The lowest BCUT2D eigenvalue weighted by molar-refractivity contribution is 0.0597. The molecule has 96 valence electrons. The van der Waals surface area contributed by atoms with Gasteiger partial charge in [-0.25, -0.2) is 4.79 Å². The molecule has 0 spiro atoms. The lowest BCUT2D eigenvalue weighted by Gasteiger charge is -2.14. The Kier molecular flexibility index (Phi) is 2.91. The van der Waals surface area contributed by atoms with Crippen LogP contribution >= 0.6 is 0 Å². The van der Waals surface area contributed by atoms with Crippen molar-refractivity contribution < 1.29 is 14.3 Å². The van der Waals surface area contributed by atoms with E-state index in [9.17, 15) is 4.79 Å². The Morgan fingerprint density at radius 3 is 3.00 bits per heavy atom. The van der Waals surface area contributed by atoms with Crippen molar-refractivity contribution in [2.45, 2.75) is 12.8 Å². The van der Waals surface area contributed by atoms with Gasteiger partial charge in [-0.05, 0) is 31.1 Å². The first kappa shape index (κ1) is 11.7. The van der Waals surface area contributed by atoms with Gasteiger partial charge in [0, 0.05) is 11.8 Å². The monoisotopic (exact) mass is 255 g/mol. The molecular formula is C15H13NO3. The standard InChI is InChI=1S/C15H13NO3/c1-18-15(17)11-6-4-7-12-14(11)19-13-8-3-2-5-10(13)9-16-12/h4-9H,2-3H2,1H3. The van der Waals surface area contributed by atoms with Crippen LogP contribution in [0.15, 0.2) is 46.7 Å². The molecule has 0 aromatic heterocycles. The van der Waals surface area contributed by atoms with Crippen LogP contribution in [0.1, 0.15) is 23.2 Å². The van der Waals surface area contributed by atoms with Crippen molar-refractivity contribution in [3.63, 3.8) is 0 Å². The summed E-state index contributed by atoms with van der Waals surface area (Å²) in [5.41, 5.74) is 1.99. The van der Waals surface area contributed by atoms with Crippen molar-refractivity contribution in [2.24, 2.45) is 4.99 Å². The van der Waals surface area contributed by atoms with E-state index in [1.807, 2.05) is 12.1 Å². The number of carbonyl (C=O) groups excluding carboxylic acids is 1. The second kappa shape index (κ2) is 4.72. The maximum atomic E-state index is 11.8. The van der Waals surface area contributed by atoms with Crippen LogP contribution in [0.25, 0.3) is 0 Å². The highest BCUT2D eigenvalue weighted by atomic mass is 16.5. The number of fused-ring (bicyclic) bond motifs is 2. The minimum atomic E-state index is -0.420. The van der Waals surface area contributed by atoms with E-state index in [0.717, 1.165) is 24.2 Å². The molecule has 4 nitrogen and oxygen atoms in total. The third-order valence-electron chi connectivity index (χ3n) is 3.10. The number of hydrogen-bond donors (Lipinski definition) is 0. The first-order chi connectivity index (χ1) is 9.29. The van der Waals surface area contributed by atoms with Crippen LogP contribution < -0.4 is 4.74 Å². The fourth-order valence-corrected chi connectivity index (χ4v) is 2.14. The summed E-state index contributed by atoms with van der Waals surface area (Å²) in [7, 11) is 1.35. The molecule has 0 saturated carbocycles. The first-order valence-corrected chi connectivity index (χ1v) is 6.13. The number of allylic oxidation sites excluding steroid dienone is 3. The average molecular weight is 255 g/mol. The number of rotatable bonds is 1. The number of para-hydroxylation sites is 1. The second-order valence-corrected chi connectivity index (χ2v) is 4.31. The fourth-order valence-electron chi connectivity index (χ4n) is 2.14. The predicted molar refractivity (Wildman–Crippen MR) is 72.0 cm³/mol. The Morgan fingerprint density at radius 2 is 2.16 bits per heavy atom. The number of esters is 1. The summed E-state index contributed by atoms with van der Waals surface area (Å²) in [5, 5.41) is 0. The van der Waals surface area contributed by atoms with Gasteiger partial charge in [-0.3, -0.25) is 4.99 Å². The quantitative estimate of drug-likeness (QED) is 0.724. The summed E-state index contributed by atoms with van der Waals surface area (Å²) in [6, 6.07) is 5.26. The molecule has 0 amide bonds. The van der Waals surface area contributed by atoms with Crippen molar-refractivity contribution in [3.05, 3.63) is 47.2 Å². The summed E-state index contributed by atoms with van der Waals surface area (Å²) >= 11 is 0. The Labute approximate surface area is 111 Å². The van der Waals surface area contributed by atoms with Gasteiger partial charge in [-0.1, -0.05) is 12.1 Å². The highest BCUT2D eigenvalue weighted by molar-refractivity contribution is 5.96. The molecule has 0 atom stereocenters. The number of ether oxygens (including phenoxy) is 2. The molecule has 0 unspecified atom stereocenters. The number of methoxy groups -OCH3 is 1. The fraction of sp³-hybridized carbons (Fsp3) is 0.200. The van der Waals surface area contributed by atoms with Crippen LogP contribution in [-0.4, -0.2) is 19.3 Å². The van der Waals surface area contributed by atoms with Crippen molar-refractivity contribution in [2.75, 3.05) is 7.11 Å². The van der Waals surface area contributed by atoms with Crippen LogP contribution in [0.5, 0.6) is 5.75 Å². The molecule has 4 heteroatoms. The third-order valence-corrected chi connectivity index (χ3v) is 3.10. The van der Waals surface area contributed by atoms with Gasteiger partial charge in [0.1, 0.15) is 17.0 Å². The summed E-state index contributed by atoms with van der Waals surface area (Å²) in [6.07, 6.45) is 7.79. The Hall–Kier alpha value is -2.36. The van der Waals surface area contributed by atoms with Gasteiger partial charge in [0.15, 0.2) is 5.75 Å².